The van der Waals surface area contributed by atoms with E-state index in [-0.39, 0.29) is 30.1 Å². The number of aliphatic hydroxyl groups excluding tert-OH is 1. The summed E-state index contributed by atoms with van der Waals surface area (Å²) in [5.41, 5.74) is 4.26. The number of hydrogen-bond donors (Lipinski definition) is 3. The van der Waals surface area contributed by atoms with Crippen LogP contribution in [0, 0.1) is 24.6 Å². The standard InChI is InChI=1S/C31H38FN3O3/c1-19-15-23(17-27(32)30(19)37)22-7-10-28-25(16-22)29(26(18-33-28)31(38)21-5-6-21)34-24-8-3-20(4-9-24)11-12-35(2)13-14-36/h7,10,15-18,20-21,24,36-37H,3-6,8-9,11-14H2,1-2H3,(H,33,34). The minimum atomic E-state index is -0.645. The molecule has 5 rings (SSSR count). The first-order chi connectivity index (χ1) is 18.3. The van der Waals surface area contributed by atoms with Crippen LogP contribution < -0.4 is 5.32 Å². The van der Waals surface area contributed by atoms with Crippen LogP contribution in [0.4, 0.5) is 10.1 Å². The molecule has 0 amide bonds. The number of aliphatic hydroxyl groups is 1. The van der Waals surface area contributed by atoms with Crippen molar-refractivity contribution in [3.63, 3.8) is 0 Å². The van der Waals surface area contributed by atoms with Gasteiger partial charge >= 0.3 is 0 Å². The van der Waals surface area contributed by atoms with Gasteiger partial charge in [-0.15, -0.1) is 0 Å². The van der Waals surface area contributed by atoms with Crippen molar-refractivity contribution in [1.29, 1.82) is 0 Å². The highest BCUT2D eigenvalue weighted by Crippen LogP contribution is 2.39. The first-order valence-electron chi connectivity index (χ1n) is 13.9. The second-order valence-electron chi connectivity index (χ2n) is 11.2. The van der Waals surface area contributed by atoms with Crippen molar-refractivity contribution >= 4 is 22.4 Å². The van der Waals surface area contributed by atoms with Crippen molar-refractivity contribution in [2.45, 2.75) is 57.9 Å². The highest BCUT2D eigenvalue weighted by atomic mass is 19.1. The number of aromatic nitrogens is 1. The molecule has 0 unspecified atom stereocenters. The monoisotopic (exact) mass is 519 g/mol. The Kier molecular flexibility index (Phi) is 7.96. The second kappa shape index (κ2) is 11.4. The van der Waals surface area contributed by atoms with Gasteiger partial charge in [-0.2, -0.15) is 0 Å². The maximum atomic E-state index is 14.3. The van der Waals surface area contributed by atoms with E-state index in [1.807, 2.05) is 18.2 Å². The van der Waals surface area contributed by atoms with Gasteiger partial charge in [0.1, 0.15) is 0 Å². The molecule has 0 spiro atoms. The zero-order chi connectivity index (χ0) is 26.8. The van der Waals surface area contributed by atoms with Crippen molar-refractivity contribution in [3.8, 4) is 16.9 Å². The number of aryl methyl sites for hydroxylation is 1. The molecule has 1 heterocycles. The van der Waals surface area contributed by atoms with Crippen LogP contribution in [0.1, 0.15) is 60.9 Å². The fraction of sp³-hybridized carbons (Fsp3) is 0.484. The number of nitrogens with one attached hydrogen (secondary N) is 1. The Morgan fingerprint density at radius 1 is 1.08 bits per heavy atom. The number of fused-ring (bicyclic) bond motifs is 1. The molecule has 202 valence electrons. The van der Waals surface area contributed by atoms with Crippen LogP contribution in [0.2, 0.25) is 0 Å². The number of benzene rings is 2. The number of phenols is 1. The zero-order valence-corrected chi connectivity index (χ0v) is 22.3. The maximum Gasteiger partial charge on any atom is 0.169 e. The Hall–Kier alpha value is -3.03. The number of phenolic OH excluding ortho intramolecular Hbond substituents is 1. The molecule has 0 atom stereocenters. The smallest absolute Gasteiger partial charge is 0.169 e. The van der Waals surface area contributed by atoms with Gasteiger partial charge in [-0.25, -0.2) is 4.39 Å². The molecule has 3 aromatic rings. The van der Waals surface area contributed by atoms with Gasteiger partial charge in [-0.1, -0.05) is 6.07 Å². The number of rotatable bonds is 10. The molecule has 3 N–H and O–H groups in total. The van der Waals surface area contributed by atoms with E-state index in [0.29, 0.717) is 29.2 Å². The number of pyridine rings is 1. The molecule has 2 fully saturated rings. The molecule has 38 heavy (non-hydrogen) atoms. The summed E-state index contributed by atoms with van der Waals surface area (Å²) in [6, 6.07) is 9.21. The normalized spacial score (nSPS) is 19.7. The Bertz CT molecular complexity index is 1290. The number of likely N-dealkylation sites (N-methyl/N-ethyl adjacent to an activating group) is 1. The van der Waals surface area contributed by atoms with Crippen LogP contribution in [-0.2, 0) is 0 Å². The van der Waals surface area contributed by atoms with Crippen molar-refractivity contribution in [1.82, 2.24) is 9.88 Å². The zero-order valence-electron chi connectivity index (χ0n) is 22.3. The Morgan fingerprint density at radius 3 is 2.53 bits per heavy atom. The van der Waals surface area contributed by atoms with E-state index in [0.717, 1.165) is 73.6 Å². The van der Waals surface area contributed by atoms with Crippen LogP contribution in [0.25, 0.3) is 22.0 Å². The molecule has 0 saturated heterocycles. The first kappa shape index (κ1) is 26.6. The summed E-state index contributed by atoms with van der Waals surface area (Å²) in [6.45, 7) is 3.59. The molecule has 2 saturated carbocycles. The lowest BCUT2D eigenvalue weighted by molar-refractivity contribution is 0.0968. The highest BCUT2D eigenvalue weighted by Gasteiger charge is 2.33. The van der Waals surface area contributed by atoms with Crippen molar-refractivity contribution in [2.75, 3.05) is 32.1 Å². The topological polar surface area (TPSA) is 85.7 Å². The Morgan fingerprint density at radius 2 is 1.84 bits per heavy atom. The van der Waals surface area contributed by atoms with Gasteiger partial charge in [0.2, 0.25) is 0 Å². The number of carbonyl (C=O) groups is 1. The van der Waals surface area contributed by atoms with Gasteiger partial charge in [-0.3, -0.25) is 9.78 Å². The fourth-order valence-corrected chi connectivity index (χ4v) is 5.67. The molecule has 2 aliphatic carbocycles. The SMILES string of the molecule is Cc1cc(-c2ccc3ncc(C(=O)C4CC4)c(NC4CCC(CCN(C)CCO)CC4)c3c2)cc(F)c1O. The Labute approximate surface area is 223 Å². The summed E-state index contributed by atoms with van der Waals surface area (Å²) in [4.78, 5) is 20.1. The number of anilines is 1. The summed E-state index contributed by atoms with van der Waals surface area (Å²) in [6.07, 6.45) is 9.07. The summed E-state index contributed by atoms with van der Waals surface area (Å²) in [7, 11) is 2.05. The third-order valence-corrected chi connectivity index (χ3v) is 8.26. The third-order valence-electron chi connectivity index (χ3n) is 8.26. The van der Waals surface area contributed by atoms with Gasteiger partial charge in [0, 0.05) is 30.1 Å². The molecular weight excluding hydrogens is 481 g/mol. The van der Waals surface area contributed by atoms with Gasteiger partial charge < -0.3 is 20.4 Å². The molecule has 0 bridgehead atoms. The lowest BCUT2D eigenvalue weighted by Crippen LogP contribution is -2.30. The van der Waals surface area contributed by atoms with Gasteiger partial charge in [0.25, 0.3) is 0 Å². The second-order valence-corrected chi connectivity index (χ2v) is 11.2. The maximum absolute atomic E-state index is 14.3. The van der Waals surface area contributed by atoms with E-state index < -0.39 is 5.82 Å². The highest BCUT2D eigenvalue weighted by molar-refractivity contribution is 6.10. The lowest BCUT2D eigenvalue weighted by atomic mass is 9.83. The number of hydrogen-bond acceptors (Lipinski definition) is 6. The van der Waals surface area contributed by atoms with Crippen LogP contribution in [0.15, 0.2) is 36.5 Å². The molecule has 7 heteroatoms. The number of nitrogens with zero attached hydrogens (tertiary/aromatic N) is 2. The van der Waals surface area contributed by atoms with E-state index in [2.05, 4.69) is 22.2 Å². The largest absolute Gasteiger partial charge is 0.505 e. The molecule has 2 aliphatic rings. The van der Waals surface area contributed by atoms with Gasteiger partial charge in [0.15, 0.2) is 17.3 Å². The fourth-order valence-electron chi connectivity index (χ4n) is 5.67. The number of halogens is 1. The van der Waals surface area contributed by atoms with E-state index >= 15 is 0 Å². The number of carbonyl (C=O) groups excluding carboxylic acids is 1. The molecular formula is C31H38FN3O3. The average Bonchev–Trinajstić information content (AvgIpc) is 3.76. The predicted octanol–water partition coefficient (Wildman–Crippen LogP) is 5.93. The molecule has 0 radical (unpaired) electrons. The van der Waals surface area contributed by atoms with Crippen LogP contribution in [0.3, 0.4) is 0 Å². The first-order valence-corrected chi connectivity index (χ1v) is 13.9. The molecule has 6 nitrogen and oxygen atoms in total. The average molecular weight is 520 g/mol. The van der Waals surface area contributed by atoms with Crippen LogP contribution >= 0.6 is 0 Å². The molecule has 1 aromatic heterocycles. The summed E-state index contributed by atoms with van der Waals surface area (Å²) in [5.74, 6) is -0.0619. The van der Waals surface area contributed by atoms with Crippen molar-refractivity contribution < 1.29 is 19.4 Å². The van der Waals surface area contributed by atoms with E-state index in [9.17, 15) is 14.3 Å². The van der Waals surface area contributed by atoms with Gasteiger partial charge in [-0.05, 0) is 112 Å². The minimum Gasteiger partial charge on any atom is -0.505 e. The quantitative estimate of drug-likeness (QED) is 0.288. The molecule has 0 aliphatic heterocycles. The minimum absolute atomic E-state index is 0.0819. The summed E-state index contributed by atoms with van der Waals surface area (Å²) in [5, 5.41) is 23.6. The lowest BCUT2D eigenvalue weighted by Gasteiger charge is -2.31. The summed E-state index contributed by atoms with van der Waals surface area (Å²) < 4.78 is 14.3. The summed E-state index contributed by atoms with van der Waals surface area (Å²) >= 11 is 0. The predicted molar refractivity (Wildman–Crippen MR) is 149 cm³/mol. The van der Waals surface area contributed by atoms with Crippen molar-refractivity contribution in [3.05, 3.63) is 53.5 Å². The van der Waals surface area contributed by atoms with Crippen LogP contribution in [0.5, 0.6) is 5.75 Å². The van der Waals surface area contributed by atoms with Crippen LogP contribution in [-0.4, -0.2) is 58.7 Å². The van der Waals surface area contributed by atoms with E-state index in [1.54, 1.807) is 19.2 Å². The van der Waals surface area contributed by atoms with Crippen molar-refractivity contribution in [2.24, 2.45) is 11.8 Å². The molecule has 2 aromatic carbocycles. The van der Waals surface area contributed by atoms with Gasteiger partial charge in [0.05, 0.1) is 23.4 Å². The number of aromatic hydroxyl groups is 1. The van der Waals surface area contributed by atoms with E-state index in [4.69, 9.17) is 5.11 Å². The van der Waals surface area contributed by atoms with E-state index in [1.165, 1.54) is 6.07 Å². The third kappa shape index (κ3) is 5.84. The number of Topliss-reactive ketones (excluding diaryl/α,β-unsaturated/α-hetero) is 1. The Balaban J connectivity index is 1.42. The number of ketones is 1.